The van der Waals surface area contributed by atoms with Crippen LogP contribution in [0.1, 0.15) is 26.3 Å². The van der Waals surface area contributed by atoms with Crippen molar-refractivity contribution in [1.29, 1.82) is 0 Å². The number of hydrazine groups is 1. The number of carbonyl (C=O) groups excluding carboxylic acids is 1. The van der Waals surface area contributed by atoms with E-state index in [0.717, 1.165) is 16.5 Å². The summed E-state index contributed by atoms with van der Waals surface area (Å²) in [5.41, 5.74) is 6.87. The van der Waals surface area contributed by atoms with Crippen LogP contribution in [0.2, 0.25) is 0 Å². The largest absolute Gasteiger partial charge is 0.443 e. The van der Waals surface area contributed by atoms with Gasteiger partial charge in [0.05, 0.1) is 5.52 Å². The van der Waals surface area contributed by atoms with Crippen LogP contribution in [-0.2, 0) is 11.3 Å². The number of aromatic nitrogens is 1. The number of benzene rings is 1. The summed E-state index contributed by atoms with van der Waals surface area (Å²) in [6.07, 6.45) is 1.28. The number of carbonyl (C=O) groups is 1. The van der Waals surface area contributed by atoms with E-state index in [9.17, 15) is 4.79 Å². The second kappa shape index (κ2) is 5.88. The number of nitrogens with one attached hydrogen (secondary N) is 2. The summed E-state index contributed by atoms with van der Waals surface area (Å²) in [5.74, 6) is 0. The third-order valence-corrected chi connectivity index (χ3v) is 2.55. The summed E-state index contributed by atoms with van der Waals surface area (Å²) in [6, 6.07) is 9.87. The highest BCUT2D eigenvalue weighted by Crippen LogP contribution is 2.13. The smallest absolute Gasteiger partial charge is 0.422 e. The van der Waals surface area contributed by atoms with Crippen LogP contribution in [0.5, 0.6) is 0 Å². The fourth-order valence-corrected chi connectivity index (χ4v) is 1.76. The quantitative estimate of drug-likeness (QED) is 0.844. The summed E-state index contributed by atoms with van der Waals surface area (Å²) >= 11 is 0. The Kier molecular flexibility index (Phi) is 4.20. The summed E-state index contributed by atoms with van der Waals surface area (Å²) in [5, 5.41) is 1.07. The Morgan fingerprint density at radius 3 is 2.85 bits per heavy atom. The van der Waals surface area contributed by atoms with Gasteiger partial charge in [0, 0.05) is 18.1 Å². The Hall–Kier alpha value is -2.14. The van der Waals surface area contributed by atoms with Gasteiger partial charge in [-0.05, 0) is 44.5 Å². The van der Waals surface area contributed by atoms with Crippen LogP contribution in [0.3, 0.4) is 0 Å². The first-order chi connectivity index (χ1) is 9.44. The van der Waals surface area contributed by atoms with Gasteiger partial charge in [-0.25, -0.2) is 10.2 Å². The molecule has 0 saturated heterocycles. The Bertz CT molecular complexity index is 605. The van der Waals surface area contributed by atoms with E-state index in [1.165, 1.54) is 0 Å². The van der Waals surface area contributed by atoms with Gasteiger partial charge in [-0.2, -0.15) is 0 Å². The molecule has 1 aromatic carbocycles. The monoisotopic (exact) mass is 273 g/mol. The molecule has 0 aliphatic carbocycles. The number of ether oxygens (including phenoxy) is 1. The van der Waals surface area contributed by atoms with Crippen molar-refractivity contribution in [3.8, 4) is 0 Å². The number of rotatable bonds is 3. The van der Waals surface area contributed by atoms with Crippen LogP contribution in [0.25, 0.3) is 10.9 Å². The minimum atomic E-state index is -0.500. The van der Waals surface area contributed by atoms with E-state index in [0.29, 0.717) is 6.54 Å². The van der Waals surface area contributed by atoms with E-state index in [2.05, 4.69) is 15.8 Å². The van der Waals surface area contributed by atoms with Crippen molar-refractivity contribution in [2.45, 2.75) is 32.9 Å². The van der Waals surface area contributed by atoms with Crippen molar-refractivity contribution >= 4 is 17.0 Å². The molecule has 0 bridgehead atoms. The zero-order valence-electron chi connectivity index (χ0n) is 11.9. The molecule has 0 fully saturated rings. The Balaban J connectivity index is 1.88. The topological polar surface area (TPSA) is 63.2 Å². The van der Waals surface area contributed by atoms with E-state index >= 15 is 0 Å². The molecule has 2 rings (SSSR count). The number of nitrogens with zero attached hydrogens (tertiary/aromatic N) is 1. The van der Waals surface area contributed by atoms with Crippen LogP contribution in [-0.4, -0.2) is 16.7 Å². The minimum Gasteiger partial charge on any atom is -0.443 e. The Morgan fingerprint density at radius 2 is 2.10 bits per heavy atom. The van der Waals surface area contributed by atoms with Gasteiger partial charge in [-0.15, -0.1) is 0 Å². The van der Waals surface area contributed by atoms with Crippen molar-refractivity contribution in [3.63, 3.8) is 0 Å². The molecule has 1 amide bonds. The van der Waals surface area contributed by atoms with Crippen LogP contribution < -0.4 is 10.9 Å². The second-order valence-electron chi connectivity index (χ2n) is 5.51. The summed E-state index contributed by atoms with van der Waals surface area (Å²) < 4.78 is 5.12. The SMILES string of the molecule is CC(C)(C)OC(=O)NNCc1ccc2ncccc2c1. The van der Waals surface area contributed by atoms with Crippen LogP contribution >= 0.6 is 0 Å². The molecular formula is C15H19N3O2. The molecule has 5 nitrogen and oxygen atoms in total. The molecule has 1 heterocycles. The highest BCUT2D eigenvalue weighted by atomic mass is 16.6. The van der Waals surface area contributed by atoms with Crippen molar-refractivity contribution in [3.05, 3.63) is 42.1 Å². The summed E-state index contributed by atoms with van der Waals surface area (Å²) in [7, 11) is 0. The lowest BCUT2D eigenvalue weighted by Gasteiger charge is -2.19. The average Bonchev–Trinajstić information content (AvgIpc) is 2.36. The molecule has 1 aromatic heterocycles. The normalized spacial score (nSPS) is 11.3. The number of fused-ring (bicyclic) bond motifs is 1. The van der Waals surface area contributed by atoms with E-state index in [-0.39, 0.29) is 0 Å². The van der Waals surface area contributed by atoms with E-state index in [4.69, 9.17) is 4.74 Å². The van der Waals surface area contributed by atoms with Crippen molar-refractivity contribution in [2.24, 2.45) is 0 Å². The van der Waals surface area contributed by atoms with E-state index in [1.807, 2.05) is 51.1 Å². The van der Waals surface area contributed by atoms with E-state index in [1.54, 1.807) is 6.20 Å². The predicted molar refractivity (Wildman–Crippen MR) is 78.0 cm³/mol. The third-order valence-electron chi connectivity index (χ3n) is 2.55. The molecule has 2 aromatic rings. The lowest BCUT2D eigenvalue weighted by atomic mass is 10.1. The van der Waals surface area contributed by atoms with Gasteiger partial charge in [0.15, 0.2) is 0 Å². The molecule has 0 spiro atoms. The summed E-state index contributed by atoms with van der Waals surface area (Å²) in [6.45, 7) is 5.98. The van der Waals surface area contributed by atoms with Crippen molar-refractivity contribution < 1.29 is 9.53 Å². The first-order valence-corrected chi connectivity index (χ1v) is 6.49. The molecule has 20 heavy (non-hydrogen) atoms. The Morgan fingerprint density at radius 1 is 1.30 bits per heavy atom. The molecule has 106 valence electrons. The standard InChI is InChI=1S/C15H19N3O2/c1-15(2,3)20-14(19)18-17-10-11-6-7-13-12(9-11)5-4-8-16-13/h4-9,17H,10H2,1-3H3,(H,18,19). The number of amides is 1. The van der Waals surface area contributed by atoms with Gasteiger partial charge in [0.1, 0.15) is 5.60 Å². The lowest BCUT2D eigenvalue weighted by Crippen LogP contribution is -2.40. The molecule has 0 radical (unpaired) electrons. The number of pyridine rings is 1. The fraction of sp³-hybridized carbons (Fsp3) is 0.333. The van der Waals surface area contributed by atoms with Crippen LogP contribution in [0.4, 0.5) is 4.79 Å². The van der Waals surface area contributed by atoms with Crippen LogP contribution in [0, 0.1) is 0 Å². The first-order valence-electron chi connectivity index (χ1n) is 6.49. The van der Waals surface area contributed by atoms with Gasteiger partial charge in [0.25, 0.3) is 0 Å². The van der Waals surface area contributed by atoms with Gasteiger partial charge in [0.2, 0.25) is 0 Å². The first kappa shape index (κ1) is 14.3. The number of hydrogen-bond donors (Lipinski definition) is 2. The van der Waals surface area contributed by atoms with Gasteiger partial charge >= 0.3 is 6.09 Å². The average molecular weight is 273 g/mol. The van der Waals surface area contributed by atoms with Gasteiger partial charge in [-0.3, -0.25) is 10.4 Å². The second-order valence-corrected chi connectivity index (χ2v) is 5.51. The highest BCUT2D eigenvalue weighted by molar-refractivity contribution is 5.78. The fourth-order valence-electron chi connectivity index (χ4n) is 1.76. The molecule has 5 heteroatoms. The molecule has 0 atom stereocenters. The molecule has 0 aliphatic rings. The van der Waals surface area contributed by atoms with Gasteiger partial charge in [-0.1, -0.05) is 12.1 Å². The summed E-state index contributed by atoms with van der Waals surface area (Å²) in [4.78, 5) is 15.7. The lowest BCUT2D eigenvalue weighted by molar-refractivity contribution is 0.0497. The van der Waals surface area contributed by atoms with E-state index < -0.39 is 11.7 Å². The zero-order valence-corrected chi connectivity index (χ0v) is 11.9. The Labute approximate surface area is 118 Å². The maximum absolute atomic E-state index is 11.5. The molecule has 0 saturated carbocycles. The van der Waals surface area contributed by atoms with Crippen LogP contribution in [0.15, 0.2) is 36.5 Å². The zero-order chi connectivity index (χ0) is 14.6. The minimum absolute atomic E-state index is 0.486. The number of hydrogen-bond acceptors (Lipinski definition) is 4. The maximum Gasteiger partial charge on any atom is 0.422 e. The molecular weight excluding hydrogens is 254 g/mol. The predicted octanol–water partition coefficient (Wildman–Crippen LogP) is 2.76. The third kappa shape index (κ3) is 4.20. The van der Waals surface area contributed by atoms with Crippen molar-refractivity contribution in [1.82, 2.24) is 15.8 Å². The molecule has 2 N–H and O–H groups in total. The molecule has 0 unspecified atom stereocenters. The molecule has 0 aliphatic heterocycles. The maximum atomic E-state index is 11.5. The van der Waals surface area contributed by atoms with Crippen molar-refractivity contribution in [2.75, 3.05) is 0 Å². The highest BCUT2D eigenvalue weighted by Gasteiger charge is 2.15. The van der Waals surface area contributed by atoms with Gasteiger partial charge < -0.3 is 4.74 Å².